The Kier molecular flexibility index (Phi) is 6.06. The Labute approximate surface area is 173 Å². The average Bonchev–Trinajstić information content (AvgIpc) is 2.73. The lowest BCUT2D eigenvalue weighted by atomic mass is 9.99. The van der Waals surface area contributed by atoms with E-state index < -0.39 is 20.7 Å². The molecule has 0 heterocycles. The molecule has 1 atom stereocenters. The summed E-state index contributed by atoms with van der Waals surface area (Å²) in [5.41, 5.74) is -1.11. The van der Waals surface area contributed by atoms with Crippen LogP contribution in [0.3, 0.4) is 0 Å². The lowest BCUT2D eigenvalue weighted by molar-refractivity contribution is -0.385. The molecule has 2 aromatic rings. The molecule has 0 fully saturated rings. The molecular formula is C21H18N2O6S. The number of sulfonamides is 1. The van der Waals surface area contributed by atoms with Crippen LogP contribution in [0, 0.1) is 10.1 Å². The summed E-state index contributed by atoms with van der Waals surface area (Å²) in [7, 11) is -4.21. The number of benzene rings is 2. The van der Waals surface area contributed by atoms with Gasteiger partial charge in [-0.3, -0.25) is 14.9 Å². The summed E-state index contributed by atoms with van der Waals surface area (Å²) >= 11 is 0. The number of aliphatic hydroxyl groups is 1. The third-order valence-electron chi connectivity index (χ3n) is 4.34. The molecule has 0 saturated carbocycles. The molecule has 0 aromatic heterocycles. The number of carbonyl (C=O) groups is 1. The third kappa shape index (κ3) is 5.15. The molecule has 3 rings (SSSR count). The first-order chi connectivity index (χ1) is 14.2. The van der Waals surface area contributed by atoms with Gasteiger partial charge in [0.1, 0.15) is 0 Å². The molecular weight excluding hydrogens is 408 g/mol. The Morgan fingerprint density at radius 2 is 1.90 bits per heavy atom. The van der Waals surface area contributed by atoms with E-state index in [1.54, 1.807) is 36.4 Å². The predicted molar refractivity (Wildman–Crippen MR) is 110 cm³/mol. The molecule has 0 saturated heterocycles. The minimum atomic E-state index is -4.21. The number of allylic oxidation sites excluding steroid dienone is 4. The van der Waals surface area contributed by atoms with Crippen LogP contribution in [0.5, 0.6) is 0 Å². The van der Waals surface area contributed by atoms with Crippen LogP contribution in [-0.2, 0) is 10.0 Å². The molecule has 30 heavy (non-hydrogen) atoms. The SMILES string of the molecule is O=C(C=CC1=CCC(O)(NS(=O)(=O)c2cccc([N+](=O)[O-])c2)C=C1)c1ccccc1. The van der Waals surface area contributed by atoms with Gasteiger partial charge in [-0.2, -0.15) is 4.72 Å². The minimum absolute atomic E-state index is 0.0865. The zero-order chi connectivity index (χ0) is 21.8. The molecule has 154 valence electrons. The van der Waals surface area contributed by atoms with E-state index in [-0.39, 0.29) is 22.8 Å². The number of ketones is 1. The van der Waals surface area contributed by atoms with Crippen LogP contribution in [0.2, 0.25) is 0 Å². The molecule has 0 spiro atoms. The minimum Gasteiger partial charge on any atom is -0.371 e. The molecule has 0 radical (unpaired) electrons. The number of nitrogens with zero attached hydrogens (tertiary/aromatic N) is 1. The number of hydrogen-bond acceptors (Lipinski definition) is 6. The first-order valence-corrected chi connectivity index (χ1v) is 10.3. The number of hydrogen-bond donors (Lipinski definition) is 2. The van der Waals surface area contributed by atoms with Crippen molar-refractivity contribution < 1.29 is 23.2 Å². The van der Waals surface area contributed by atoms with E-state index in [1.165, 1.54) is 36.4 Å². The van der Waals surface area contributed by atoms with Crippen LogP contribution in [0.4, 0.5) is 5.69 Å². The highest BCUT2D eigenvalue weighted by Crippen LogP contribution is 2.24. The second kappa shape index (κ2) is 8.54. The van der Waals surface area contributed by atoms with Gasteiger partial charge in [-0.15, -0.1) is 0 Å². The average molecular weight is 426 g/mol. The first-order valence-electron chi connectivity index (χ1n) is 8.86. The van der Waals surface area contributed by atoms with Gasteiger partial charge in [0.25, 0.3) is 5.69 Å². The number of rotatable bonds is 7. The molecule has 2 aromatic carbocycles. The van der Waals surface area contributed by atoms with Gasteiger partial charge in [0.05, 0.1) is 9.82 Å². The van der Waals surface area contributed by atoms with Gasteiger partial charge >= 0.3 is 0 Å². The van der Waals surface area contributed by atoms with Gasteiger partial charge in [-0.25, -0.2) is 8.42 Å². The van der Waals surface area contributed by atoms with Crippen molar-refractivity contribution in [2.45, 2.75) is 17.0 Å². The first kappa shape index (κ1) is 21.3. The Hall–Kier alpha value is -3.40. The zero-order valence-electron chi connectivity index (χ0n) is 15.6. The Bertz CT molecular complexity index is 1170. The van der Waals surface area contributed by atoms with E-state index in [4.69, 9.17) is 0 Å². The fourth-order valence-electron chi connectivity index (χ4n) is 2.77. The van der Waals surface area contributed by atoms with E-state index in [1.807, 2.05) is 6.07 Å². The lowest BCUT2D eigenvalue weighted by Crippen LogP contribution is -2.47. The standard InChI is InChI=1S/C21H18N2O6S/c24-20(17-5-2-1-3-6-17)10-9-16-11-13-21(25,14-12-16)22-30(28,29)19-8-4-7-18(15-19)23(26)27/h1-13,15,22,25H,14H2. The molecule has 9 heteroatoms. The van der Waals surface area contributed by atoms with Gasteiger partial charge in [0.15, 0.2) is 11.5 Å². The summed E-state index contributed by atoms with van der Waals surface area (Å²) in [6.45, 7) is 0. The van der Waals surface area contributed by atoms with Crippen LogP contribution in [0.25, 0.3) is 0 Å². The third-order valence-corrected chi connectivity index (χ3v) is 5.83. The van der Waals surface area contributed by atoms with E-state index in [9.17, 15) is 28.4 Å². The predicted octanol–water partition coefficient (Wildman–Crippen LogP) is 2.89. The number of non-ortho nitro benzene ring substituents is 1. The van der Waals surface area contributed by atoms with E-state index in [2.05, 4.69) is 4.72 Å². The fourth-order valence-corrected chi connectivity index (χ4v) is 4.04. The second-order valence-corrected chi connectivity index (χ2v) is 8.27. The molecule has 0 bridgehead atoms. The van der Waals surface area contributed by atoms with Crippen LogP contribution in [0.15, 0.2) is 95.4 Å². The highest BCUT2D eigenvalue weighted by atomic mass is 32.2. The Morgan fingerprint density at radius 1 is 1.17 bits per heavy atom. The summed E-state index contributed by atoms with van der Waals surface area (Å²) in [5.74, 6) is -0.183. The Morgan fingerprint density at radius 3 is 2.53 bits per heavy atom. The lowest BCUT2D eigenvalue weighted by Gasteiger charge is -2.27. The maximum absolute atomic E-state index is 12.5. The number of nitro groups is 1. The topological polar surface area (TPSA) is 127 Å². The summed E-state index contributed by atoms with van der Waals surface area (Å²) < 4.78 is 27.2. The highest BCUT2D eigenvalue weighted by molar-refractivity contribution is 7.89. The van der Waals surface area contributed by atoms with E-state index >= 15 is 0 Å². The smallest absolute Gasteiger partial charge is 0.270 e. The van der Waals surface area contributed by atoms with Gasteiger partial charge in [0.2, 0.25) is 10.0 Å². The number of nitrogens with one attached hydrogen (secondary N) is 1. The fraction of sp³-hybridized carbons (Fsp3) is 0.0952. The molecule has 1 aliphatic rings. The second-order valence-electron chi connectivity index (χ2n) is 6.59. The van der Waals surface area contributed by atoms with Crippen LogP contribution in [-0.4, -0.2) is 30.0 Å². The normalized spacial score (nSPS) is 18.9. The van der Waals surface area contributed by atoms with Crippen molar-refractivity contribution in [3.63, 3.8) is 0 Å². The van der Waals surface area contributed by atoms with Crippen LogP contribution >= 0.6 is 0 Å². The van der Waals surface area contributed by atoms with E-state index in [0.717, 1.165) is 6.07 Å². The van der Waals surface area contributed by atoms with Crippen LogP contribution < -0.4 is 4.72 Å². The van der Waals surface area contributed by atoms with Crippen molar-refractivity contribution in [1.82, 2.24) is 4.72 Å². The van der Waals surface area contributed by atoms with Crippen molar-refractivity contribution >= 4 is 21.5 Å². The molecule has 8 nitrogen and oxygen atoms in total. The quantitative estimate of drug-likeness (QED) is 0.230. The van der Waals surface area contributed by atoms with Crippen LogP contribution in [0.1, 0.15) is 16.8 Å². The summed E-state index contributed by atoms with van der Waals surface area (Å²) in [6.07, 6.45) is 7.19. The van der Waals surface area contributed by atoms with Gasteiger partial charge < -0.3 is 5.11 Å². The van der Waals surface area contributed by atoms with Crippen molar-refractivity contribution in [2.75, 3.05) is 0 Å². The van der Waals surface area contributed by atoms with Crippen molar-refractivity contribution in [3.8, 4) is 0 Å². The van der Waals surface area contributed by atoms with Gasteiger partial charge in [-0.05, 0) is 23.8 Å². The summed E-state index contributed by atoms with van der Waals surface area (Å²) in [4.78, 5) is 21.9. The van der Waals surface area contributed by atoms with Crippen molar-refractivity contribution in [1.29, 1.82) is 0 Å². The molecule has 0 amide bonds. The molecule has 1 aliphatic carbocycles. The van der Waals surface area contributed by atoms with E-state index in [0.29, 0.717) is 11.1 Å². The van der Waals surface area contributed by atoms with Crippen molar-refractivity contribution in [2.24, 2.45) is 0 Å². The molecule has 1 unspecified atom stereocenters. The number of nitro benzene ring substituents is 1. The maximum atomic E-state index is 12.5. The monoisotopic (exact) mass is 426 g/mol. The van der Waals surface area contributed by atoms with Crippen molar-refractivity contribution in [3.05, 3.63) is 106 Å². The molecule has 2 N–H and O–H groups in total. The zero-order valence-corrected chi connectivity index (χ0v) is 16.5. The summed E-state index contributed by atoms with van der Waals surface area (Å²) in [5, 5.41) is 21.4. The molecule has 0 aliphatic heterocycles. The van der Waals surface area contributed by atoms with Gasteiger partial charge in [-0.1, -0.05) is 54.6 Å². The Balaban J connectivity index is 1.69. The summed E-state index contributed by atoms with van der Waals surface area (Å²) in [6, 6.07) is 13.2. The van der Waals surface area contributed by atoms with Gasteiger partial charge in [0, 0.05) is 24.1 Å². The largest absolute Gasteiger partial charge is 0.371 e. The number of carbonyl (C=O) groups excluding carboxylic acids is 1. The maximum Gasteiger partial charge on any atom is 0.270 e. The highest BCUT2D eigenvalue weighted by Gasteiger charge is 2.31.